The van der Waals surface area contributed by atoms with E-state index in [0.29, 0.717) is 16.5 Å². The van der Waals surface area contributed by atoms with E-state index in [9.17, 15) is 4.79 Å². The fourth-order valence-electron chi connectivity index (χ4n) is 1.60. The topological polar surface area (TPSA) is 29.1 Å². The van der Waals surface area contributed by atoms with E-state index in [0.717, 1.165) is 17.3 Å². The van der Waals surface area contributed by atoms with Crippen LogP contribution in [0.3, 0.4) is 0 Å². The maximum Gasteiger partial charge on any atom is 0.251 e. The van der Waals surface area contributed by atoms with E-state index in [1.54, 1.807) is 18.2 Å². The summed E-state index contributed by atoms with van der Waals surface area (Å²) < 4.78 is 0.800. The average molecular weight is 333 g/mol. The molecule has 0 saturated heterocycles. The number of rotatable bonds is 5. The summed E-state index contributed by atoms with van der Waals surface area (Å²) in [6.07, 6.45) is 2.11. The first-order valence-corrected chi connectivity index (χ1v) is 7.33. The van der Waals surface area contributed by atoms with Crippen molar-refractivity contribution in [3.05, 3.63) is 33.3 Å². The van der Waals surface area contributed by atoms with Gasteiger partial charge in [-0.25, -0.2) is 0 Å². The largest absolute Gasteiger partial charge is 0.350 e. The van der Waals surface area contributed by atoms with Crippen molar-refractivity contribution >= 4 is 33.4 Å². The van der Waals surface area contributed by atoms with Gasteiger partial charge in [0.25, 0.3) is 5.91 Å². The summed E-state index contributed by atoms with van der Waals surface area (Å²) in [5.74, 6) is 0.590. The minimum atomic E-state index is -0.0688. The highest BCUT2D eigenvalue weighted by Crippen LogP contribution is 2.23. The summed E-state index contributed by atoms with van der Waals surface area (Å²) in [6, 6.07) is 5.41. The highest BCUT2D eigenvalue weighted by atomic mass is 79.9. The molecule has 1 aromatic carbocycles. The number of halogens is 2. The zero-order valence-electron chi connectivity index (χ0n) is 11.0. The van der Waals surface area contributed by atoms with Crippen molar-refractivity contribution in [3.63, 3.8) is 0 Å². The van der Waals surface area contributed by atoms with Gasteiger partial charge in [0, 0.05) is 16.1 Å². The summed E-state index contributed by atoms with van der Waals surface area (Å²) in [6.45, 7) is 6.40. The lowest BCUT2D eigenvalue weighted by molar-refractivity contribution is 0.0937. The van der Waals surface area contributed by atoms with Crippen molar-refractivity contribution in [1.29, 1.82) is 0 Å². The van der Waals surface area contributed by atoms with Gasteiger partial charge in [0.15, 0.2) is 0 Å². The lowest BCUT2D eigenvalue weighted by atomic mass is 10.0. The molecular weight excluding hydrogens is 314 g/mol. The molecule has 1 atom stereocenters. The molecule has 1 N–H and O–H groups in total. The molecule has 1 aromatic rings. The van der Waals surface area contributed by atoms with E-state index in [2.05, 4.69) is 35.1 Å². The molecule has 0 aromatic heterocycles. The maximum absolute atomic E-state index is 12.0. The Labute approximate surface area is 122 Å². The van der Waals surface area contributed by atoms with Crippen molar-refractivity contribution in [2.45, 2.75) is 39.7 Å². The van der Waals surface area contributed by atoms with Crippen LogP contribution in [-0.4, -0.2) is 11.9 Å². The second kappa shape index (κ2) is 7.15. The Morgan fingerprint density at radius 2 is 2.00 bits per heavy atom. The fraction of sp³-hybridized carbons (Fsp3) is 0.500. The van der Waals surface area contributed by atoms with Gasteiger partial charge in [-0.05, 0) is 59.8 Å². The third-order valence-electron chi connectivity index (χ3n) is 2.74. The number of hydrogen-bond acceptors (Lipinski definition) is 1. The predicted molar refractivity (Wildman–Crippen MR) is 80.2 cm³/mol. The molecule has 100 valence electrons. The van der Waals surface area contributed by atoms with E-state index >= 15 is 0 Å². The molecule has 0 radical (unpaired) electrons. The summed E-state index contributed by atoms with van der Waals surface area (Å²) >= 11 is 9.28. The monoisotopic (exact) mass is 331 g/mol. The summed E-state index contributed by atoms with van der Waals surface area (Å²) in [5, 5.41) is 3.54. The van der Waals surface area contributed by atoms with Crippen LogP contribution >= 0.6 is 27.5 Å². The molecule has 1 amide bonds. The van der Waals surface area contributed by atoms with Crippen molar-refractivity contribution < 1.29 is 4.79 Å². The van der Waals surface area contributed by atoms with Crippen LogP contribution in [0.25, 0.3) is 0 Å². The molecule has 0 aliphatic heterocycles. The first-order chi connectivity index (χ1) is 8.40. The van der Waals surface area contributed by atoms with Gasteiger partial charge >= 0.3 is 0 Å². The van der Waals surface area contributed by atoms with E-state index < -0.39 is 0 Å². The van der Waals surface area contributed by atoms with Gasteiger partial charge in [-0.15, -0.1) is 0 Å². The van der Waals surface area contributed by atoms with Gasteiger partial charge in [-0.1, -0.05) is 25.4 Å². The number of benzene rings is 1. The normalized spacial score (nSPS) is 12.6. The molecule has 0 heterocycles. The standard InChI is InChI=1S/C14H19BrClNO/c1-9(2)4-5-10(3)17-14(18)11-6-7-12(15)13(16)8-11/h6-10H,4-5H2,1-3H3,(H,17,18). The van der Waals surface area contributed by atoms with Gasteiger partial charge in [0.05, 0.1) is 5.02 Å². The first-order valence-electron chi connectivity index (χ1n) is 6.16. The molecule has 0 bridgehead atoms. The van der Waals surface area contributed by atoms with Crippen LogP contribution in [0, 0.1) is 5.92 Å². The quantitative estimate of drug-likeness (QED) is 0.835. The highest BCUT2D eigenvalue weighted by Gasteiger charge is 2.11. The first kappa shape index (κ1) is 15.5. The smallest absolute Gasteiger partial charge is 0.251 e. The third kappa shape index (κ3) is 4.99. The molecule has 1 rings (SSSR count). The van der Waals surface area contributed by atoms with Gasteiger partial charge in [-0.2, -0.15) is 0 Å². The molecular formula is C14H19BrClNO. The van der Waals surface area contributed by atoms with E-state index in [-0.39, 0.29) is 11.9 Å². The summed E-state index contributed by atoms with van der Waals surface area (Å²) in [5.41, 5.74) is 0.597. The molecule has 4 heteroatoms. The van der Waals surface area contributed by atoms with E-state index in [1.165, 1.54) is 0 Å². The zero-order chi connectivity index (χ0) is 13.7. The van der Waals surface area contributed by atoms with Crippen molar-refractivity contribution in [2.24, 2.45) is 5.92 Å². The summed E-state index contributed by atoms with van der Waals surface area (Å²) in [4.78, 5) is 12.0. The van der Waals surface area contributed by atoms with Crippen molar-refractivity contribution in [3.8, 4) is 0 Å². The van der Waals surface area contributed by atoms with Crippen LogP contribution in [-0.2, 0) is 0 Å². The molecule has 0 fully saturated rings. The van der Waals surface area contributed by atoms with E-state index in [1.807, 2.05) is 6.92 Å². The Hall–Kier alpha value is -0.540. The van der Waals surface area contributed by atoms with Gasteiger partial charge in [0.1, 0.15) is 0 Å². The summed E-state index contributed by atoms with van der Waals surface area (Å²) in [7, 11) is 0. The number of hydrogen-bond donors (Lipinski definition) is 1. The van der Waals surface area contributed by atoms with Crippen LogP contribution in [0.2, 0.25) is 5.02 Å². The number of carbonyl (C=O) groups is 1. The molecule has 0 aliphatic rings. The van der Waals surface area contributed by atoms with Crippen LogP contribution in [0.15, 0.2) is 22.7 Å². The number of amides is 1. The highest BCUT2D eigenvalue weighted by molar-refractivity contribution is 9.10. The molecule has 0 aliphatic carbocycles. The average Bonchev–Trinajstić information content (AvgIpc) is 2.30. The second-order valence-electron chi connectivity index (χ2n) is 4.97. The molecule has 1 unspecified atom stereocenters. The van der Waals surface area contributed by atoms with Gasteiger partial charge in [0.2, 0.25) is 0 Å². The van der Waals surface area contributed by atoms with Crippen LogP contribution < -0.4 is 5.32 Å². The molecule has 2 nitrogen and oxygen atoms in total. The Kier molecular flexibility index (Phi) is 6.16. The van der Waals surface area contributed by atoms with Crippen LogP contribution in [0.4, 0.5) is 0 Å². The zero-order valence-corrected chi connectivity index (χ0v) is 13.3. The lowest BCUT2D eigenvalue weighted by Gasteiger charge is -2.15. The number of carbonyl (C=O) groups excluding carboxylic acids is 1. The SMILES string of the molecule is CC(C)CCC(C)NC(=O)c1ccc(Br)c(Cl)c1. The third-order valence-corrected chi connectivity index (χ3v) is 3.97. The molecule has 0 saturated carbocycles. The Morgan fingerprint density at radius 1 is 1.33 bits per heavy atom. The maximum atomic E-state index is 12.0. The van der Waals surface area contributed by atoms with E-state index in [4.69, 9.17) is 11.6 Å². The molecule has 0 spiro atoms. The van der Waals surface area contributed by atoms with Crippen molar-refractivity contribution in [2.75, 3.05) is 0 Å². The lowest BCUT2D eigenvalue weighted by Crippen LogP contribution is -2.32. The minimum Gasteiger partial charge on any atom is -0.350 e. The fourth-order valence-corrected chi connectivity index (χ4v) is 2.03. The Balaban J connectivity index is 2.56. The minimum absolute atomic E-state index is 0.0688. The van der Waals surface area contributed by atoms with Crippen molar-refractivity contribution in [1.82, 2.24) is 5.32 Å². The van der Waals surface area contributed by atoms with Gasteiger partial charge in [-0.3, -0.25) is 4.79 Å². The number of nitrogens with one attached hydrogen (secondary N) is 1. The second-order valence-corrected chi connectivity index (χ2v) is 6.24. The van der Waals surface area contributed by atoms with Crippen LogP contribution in [0.5, 0.6) is 0 Å². The molecule has 18 heavy (non-hydrogen) atoms. The Morgan fingerprint density at radius 3 is 2.56 bits per heavy atom. The van der Waals surface area contributed by atoms with Gasteiger partial charge < -0.3 is 5.32 Å². The Bertz CT molecular complexity index is 420. The predicted octanol–water partition coefficient (Wildman–Crippen LogP) is 4.66. The van der Waals surface area contributed by atoms with Crippen LogP contribution in [0.1, 0.15) is 44.0 Å².